The molecule has 0 atom stereocenters. The highest BCUT2D eigenvalue weighted by molar-refractivity contribution is 5.93. The van der Waals surface area contributed by atoms with Crippen molar-refractivity contribution in [3.8, 4) is 0 Å². The Kier molecular flexibility index (Phi) is 9.04. The fourth-order valence-corrected chi connectivity index (χ4v) is 2.79. The first kappa shape index (κ1) is 22.7. The third-order valence-electron chi connectivity index (χ3n) is 4.72. The summed E-state index contributed by atoms with van der Waals surface area (Å²) < 4.78 is 0. The Bertz CT molecular complexity index is 630. The molecule has 0 aliphatic carbocycles. The molecule has 0 heterocycles. The van der Waals surface area contributed by atoms with Crippen LogP contribution in [0.4, 0.5) is 21.0 Å². The van der Waals surface area contributed by atoms with Crippen LogP contribution < -0.4 is 10.6 Å². The van der Waals surface area contributed by atoms with E-state index in [1.54, 1.807) is 18.2 Å². The Morgan fingerprint density at radius 3 is 1.78 bits per heavy atom. The number of rotatable bonds is 8. The summed E-state index contributed by atoms with van der Waals surface area (Å²) in [5, 5.41) is 26.7. The van der Waals surface area contributed by atoms with E-state index in [1.807, 2.05) is 34.6 Å². The normalized spacial score (nSPS) is 10.9. The van der Waals surface area contributed by atoms with Gasteiger partial charge >= 0.3 is 12.1 Å². The number of anilines is 2. The summed E-state index contributed by atoms with van der Waals surface area (Å²) in [5.74, 6) is 0. The second-order valence-corrected chi connectivity index (χ2v) is 6.52. The van der Waals surface area contributed by atoms with E-state index in [-0.39, 0.29) is 12.1 Å². The largest absolute Gasteiger partial charge is 0.345 e. The highest BCUT2D eigenvalue weighted by Gasteiger charge is 2.21. The summed E-state index contributed by atoms with van der Waals surface area (Å²) in [6.07, 6.45) is 2.55. The number of hydrogen-bond acceptors (Lipinski definition) is 4. The molecule has 0 fully saturated rings. The summed E-state index contributed by atoms with van der Waals surface area (Å²) in [5.41, 5.74) is 1.67. The summed E-state index contributed by atoms with van der Waals surface area (Å²) in [7, 11) is 0. The number of hydrogen-bond donors (Lipinski definition) is 4. The molecule has 1 aromatic carbocycles. The average molecular weight is 380 g/mol. The predicted octanol–water partition coefficient (Wildman–Crippen LogP) is 4.82. The minimum Gasteiger partial charge on any atom is -0.306 e. The smallest absolute Gasteiger partial charge is 0.306 e. The van der Waals surface area contributed by atoms with E-state index >= 15 is 0 Å². The fraction of sp³-hybridized carbons (Fsp3) is 0.579. The maximum Gasteiger partial charge on any atom is 0.345 e. The standard InChI is InChI=1S/C19H32N4O4/c1-6-15(7-2)22(26)18(24)20-14-11-10-13(5)17(12-14)21-19(25)23(27)16(8-3)9-4/h10-12,15-16,26-27H,6-9H2,1-5H3,(H,20,24)(H,21,25). The highest BCUT2D eigenvalue weighted by Crippen LogP contribution is 2.22. The van der Waals surface area contributed by atoms with Crippen LogP contribution in [0.25, 0.3) is 0 Å². The van der Waals surface area contributed by atoms with Crippen molar-refractivity contribution in [2.24, 2.45) is 0 Å². The molecule has 8 nitrogen and oxygen atoms in total. The molecule has 4 amide bonds. The first-order valence-electron chi connectivity index (χ1n) is 9.47. The molecular formula is C19H32N4O4. The number of nitrogens with zero attached hydrogens (tertiary/aromatic N) is 2. The van der Waals surface area contributed by atoms with Crippen molar-refractivity contribution in [3.63, 3.8) is 0 Å². The minimum atomic E-state index is -0.634. The number of amides is 4. The molecule has 0 saturated heterocycles. The van der Waals surface area contributed by atoms with Crippen LogP contribution in [0.5, 0.6) is 0 Å². The summed E-state index contributed by atoms with van der Waals surface area (Å²) in [6.45, 7) is 9.39. The van der Waals surface area contributed by atoms with E-state index < -0.39 is 12.1 Å². The Hall–Kier alpha value is -2.32. The Morgan fingerprint density at radius 2 is 1.33 bits per heavy atom. The molecular weight excluding hydrogens is 348 g/mol. The average Bonchev–Trinajstić information content (AvgIpc) is 2.66. The van der Waals surface area contributed by atoms with Crippen LogP contribution in [0, 0.1) is 6.92 Å². The van der Waals surface area contributed by atoms with Gasteiger partial charge in [0.05, 0.1) is 12.1 Å². The van der Waals surface area contributed by atoms with Crippen LogP contribution in [0.15, 0.2) is 18.2 Å². The molecule has 1 rings (SSSR count). The zero-order chi connectivity index (χ0) is 20.6. The molecule has 152 valence electrons. The van der Waals surface area contributed by atoms with Gasteiger partial charge in [0.1, 0.15) is 0 Å². The number of urea groups is 2. The zero-order valence-corrected chi connectivity index (χ0v) is 16.8. The molecule has 0 aliphatic rings. The minimum absolute atomic E-state index is 0.266. The van der Waals surface area contributed by atoms with E-state index in [2.05, 4.69) is 10.6 Å². The van der Waals surface area contributed by atoms with Crippen molar-refractivity contribution in [2.75, 3.05) is 10.6 Å². The Morgan fingerprint density at radius 1 is 0.889 bits per heavy atom. The van der Waals surface area contributed by atoms with E-state index in [0.717, 1.165) is 5.56 Å². The molecule has 0 spiro atoms. The summed E-state index contributed by atoms with van der Waals surface area (Å²) in [6, 6.07) is 3.21. The van der Waals surface area contributed by atoms with Gasteiger partial charge in [-0.1, -0.05) is 33.8 Å². The summed E-state index contributed by atoms with van der Waals surface area (Å²) in [4.78, 5) is 24.5. The molecule has 27 heavy (non-hydrogen) atoms. The lowest BCUT2D eigenvalue weighted by atomic mass is 10.1. The topological polar surface area (TPSA) is 105 Å². The van der Waals surface area contributed by atoms with E-state index in [9.17, 15) is 20.0 Å². The van der Waals surface area contributed by atoms with Crippen molar-refractivity contribution < 1.29 is 20.0 Å². The number of carbonyl (C=O) groups excluding carboxylic acids is 2. The monoisotopic (exact) mass is 380 g/mol. The molecule has 0 unspecified atom stereocenters. The maximum atomic E-state index is 12.3. The predicted molar refractivity (Wildman–Crippen MR) is 105 cm³/mol. The van der Waals surface area contributed by atoms with Crippen LogP contribution in [0.1, 0.15) is 58.9 Å². The van der Waals surface area contributed by atoms with Gasteiger partial charge in [0, 0.05) is 11.4 Å². The zero-order valence-electron chi connectivity index (χ0n) is 16.8. The van der Waals surface area contributed by atoms with Crippen molar-refractivity contribution in [1.82, 2.24) is 10.1 Å². The Labute approximate surface area is 161 Å². The van der Waals surface area contributed by atoms with Crippen LogP contribution in [-0.2, 0) is 0 Å². The van der Waals surface area contributed by atoms with Crippen molar-refractivity contribution in [3.05, 3.63) is 23.8 Å². The second kappa shape index (κ2) is 10.7. The van der Waals surface area contributed by atoms with Crippen LogP contribution in [0.2, 0.25) is 0 Å². The maximum absolute atomic E-state index is 12.3. The van der Waals surface area contributed by atoms with Crippen LogP contribution in [0.3, 0.4) is 0 Å². The second-order valence-electron chi connectivity index (χ2n) is 6.52. The lowest BCUT2D eigenvalue weighted by molar-refractivity contribution is -0.0748. The first-order valence-corrected chi connectivity index (χ1v) is 9.47. The quantitative estimate of drug-likeness (QED) is 0.383. The van der Waals surface area contributed by atoms with Crippen molar-refractivity contribution >= 4 is 23.4 Å². The SMILES string of the molecule is CCC(CC)N(O)C(=O)Nc1ccc(C)c(NC(=O)N(O)C(CC)CC)c1. The summed E-state index contributed by atoms with van der Waals surface area (Å²) >= 11 is 0. The fourth-order valence-electron chi connectivity index (χ4n) is 2.79. The molecule has 0 bridgehead atoms. The van der Waals surface area contributed by atoms with Gasteiger partial charge in [-0.05, 0) is 50.3 Å². The third kappa shape index (κ3) is 6.11. The number of benzene rings is 1. The van der Waals surface area contributed by atoms with E-state index in [0.29, 0.717) is 47.2 Å². The van der Waals surface area contributed by atoms with Gasteiger partial charge in [-0.3, -0.25) is 10.4 Å². The molecule has 8 heteroatoms. The lowest BCUT2D eigenvalue weighted by Crippen LogP contribution is -2.40. The van der Waals surface area contributed by atoms with Gasteiger partial charge < -0.3 is 10.6 Å². The van der Waals surface area contributed by atoms with Gasteiger partial charge in [-0.2, -0.15) is 0 Å². The number of hydroxylamine groups is 4. The van der Waals surface area contributed by atoms with Crippen LogP contribution >= 0.6 is 0 Å². The molecule has 4 N–H and O–H groups in total. The number of nitrogens with one attached hydrogen (secondary N) is 2. The van der Waals surface area contributed by atoms with Gasteiger partial charge in [-0.25, -0.2) is 19.7 Å². The molecule has 0 aromatic heterocycles. The van der Waals surface area contributed by atoms with E-state index in [1.165, 1.54) is 0 Å². The highest BCUT2D eigenvalue weighted by atomic mass is 16.5. The molecule has 0 aliphatic heterocycles. The first-order chi connectivity index (χ1) is 12.8. The van der Waals surface area contributed by atoms with Crippen molar-refractivity contribution in [1.29, 1.82) is 0 Å². The van der Waals surface area contributed by atoms with Gasteiger partial charge in [-0.15, -0.1) is 0 Å². The molecule has 1 aromatic rings. The third-order valence-corrected chi connectivity index (χ3v) is 4.72. The Balaban J connectivity index is 2.88. The van der Waals surface area contributed by atoms with Gasteiger partial charge in [0.25, 0.3) is 0 Å². The van der Waals surface area contributed by atoms with Crippen molar-refractivity contribution in [2.45, 2.75) is 72.4 Å². The van der Waals surface area contributed by atoms with Gasteiger partial charge in [0.15, 0.2) is 0 Å². The molecule has 0 saturated carbocycles. The molecule has 0 radical (unpaired) electrons. The van der Waals surface area contributed by atoms with E-state index in [4.69, 9.17) is 0 Å². The van der Waals surface area contributed by atoms with Crippen LogP contribution in [-0.4, -0.2) is 44.7 Å². The number of carbonyl (C=O) groups is 2. The van der Waals surface area contributed by atoms with Gasteiger partial charge in [0.2, 0.25) is 0 Å². The number of aryl methyl sites for hydroxylation is 1. The lowest BCUT2D eigenvalue weighted by Gasteiger charge is -2.25.